The van der Waals surface area contributed by atoms with E-state index in [4.69, 9.17) is 11.0 Å². The average Bonchev–Trinajstić information content (AvgIpc) is 3.42. The number of nitrogens with one attached hydrogen (secondary N) is 1. The second-order valence-electron chi connectivity index (χ2n) is 8.14. The predicted molar refractivity (Wildman–Crippen MR) is 130 cm³/mol. The minimum Gasteiger partial charge on any atom is -0.371 e. The number of nitrogens with two attached hydrogens (primary N) is 1. The molecule has 0 fully saturated rings. The van der Waals surface area contributed by atoms with E-state index in [9.17, 15) is 4.79 Å². The van der Waals surface area contributed by atoms with Crippen LogP contribution in [-0.2, 0) is 6.54 Å². The van der Waals surface area contributed by atoms with Crippen molar-refractivity contribution in [2.75, 3.05) is 6.67 Å². The van der Waals surface area contributed by atoms with Crippen LogP contribution in [-0.4, -0.2) is 22.0 Å². The van der Waals surface area contributed by atoms with Crippen LogP contribution in [0.4, 0.5) is 0 Å². The maximum atomic E-state index is 12.5. The van der Waals surface area contributed by atoms with Crippen LogP contribution < -0.4 is 11.1 Å². The van der Waals surface area contributed by atoms with Crippen LogP contribution in [0, 0.1) is 18.3 Å². The van der Waals surface area contributed by atoms with Gasteiger partial charge >= 0.3 is 0 Å². The molecule has 0 bridgehead atoms. The number of nitriles is 1. The van der Waals surface area contributed by atoms with Gasteiger partial charge in [-0.3, -0.25) is 4.79 Å². The standard InChI is InChI=1S/C27H23N5O/c1-18-26(27(29)33)24(23-8-4-6-21-5-2-3-7-22(21)23)16-32(18)25-14-30-17-31(25)15-20-11-9-19(13-28)10-12-20/h2-12,14,16,30H,15,17H2,1H3,(H2,29,33). The number of carbonyl (C=O) groups excluding carboxylic acids is 1. The number of carbonyl (C=O) groups is 1. The lowest BCUT2D eigenvalue weighted by Crippen LogP contribution is -2.25. The molecule has 2 heterocycles. The van der Waals surface area contributed by atoms with Gasteiger partial charge in [0.25, 0.3) is 5.91 Å². The van der Waals surface area contributed by atoms with Crippen LogP contribution in [0.5, 0.6) is 0 Å². The molecule has 4 aromatic rings. The maximum absolute atomic E-state index is 12.5. The monoisotopic (exact) mass is 433 g/mol. The summed E-state index contributed by atoms with van der Waals surface area (Å²) in [5.41, 5.74) is 10.7. The van der Waals surface area contributed by atoms with Crippen molar-refractivity contribution in [3.63, 3.8) is 0 Å². The van der Waals surface area contributed by atoms with Crippen LogP contribution in [0.15, 0.2) is 79.1 Å². The molecule has 1 aromatic heterocycles. The largest absolute Gasteiger partial charge is 0.371 e. The summed E-state index contributed by atoms with van der Waals surface area (Å²) in [5, 5.41) is 14.5. The molecule has 5 rings (SSSR count). The Morgan fingerprint density at radius 1 is 1.06 bits per heavy atom. The van der Waals surface area contributed by atoms with Gasteiger partial charge in [0.1, 0.15) is 5.82 Å². The highest BCUT2D eigenvalue weighted by molar-refractivity contribution is 6.06. The maximum Gasteiger partial charge on any atom is 0.251 e. The summed E-state index contributed by atoms with van der Waals surface area (Å²) in [7, 11) is 0. The minimum atomic E-state index is -0.445. The smallest absolute Gasteiger partial charge is 0.251 e. The normalized spacial score (nSPS) is 13.0. The predicted octanol–water partition coefficient (Wildman–Crippen LogP) is 4.41. The fourth-order valence-corrected chi connectivity index (χ4v) is 4.50. The number of primary amides is 1. The summed E-state index contributed by atoms with van der Waals surface area (Å²) in [6.07, 6.45) is 3.95. The number of aromatic nitrogens is 1. The molecule has 3 aromatic carbocycles. The Morgan fingerprint density at radius 2 is 1.82 bits per heavy atom. The van der Waals surface area contributed by atoms with Gasteiger partial charge in [0.15, 0.2) is 0 Å². The third-order valence-corrected chi connectivity index (χ3v) is 6.12. The van der Waals surface area contributed by atoms with Gasteiger partial charge in [-0.1, -0.05) is 54.6 Å². The Kier molecular flexibility index (Phi) is 5.08. The molecule has 3 N–H and O–H groups in total. The van der Waals surface area contributed by atoms with Crippen molar-refractivity contribution in [3.05, 3.63) is 102 Å². The summed E-state index contributed by atoms with van der Waals surface area (Å²) in [6.45, 7) is 3.23. The molecule has 1 aliphatic heterocycles. The zero-order valence-electron chi connectivity index (χ0n) is 18.2. The number of nitrogens with zero attached hydrogens (tertiary/aromatic N) is 3. The lowest BCUT2D eigenvalue weighted by atomic mass is 9.96. The molecular weight excluding hydrogens is 410 g/mol. The van der Waals surface area contributed by atoms with E-state index < -0.39 is 5.91 Å². The van der Waals surface area contributed by atoms with Crippen LogP contribution in [0.2, 0.25) is 0 Å². The van der Waals surface area contributed by atoms with Gasteiger partial charge in [-0.15, -0.1) is 0 Å². The van der Waals surface area contributed by atoms with Crippen molar-refractivity contribution in [3.8, 4) is 17.2 Å². The molecule has 0 radical (unpaired) electrons. The fourth-order valence-electron chi connectivity index (χ4n) is 4.50. The van der Waals surface area contributed by atoms with Crippen LogP contribution >= 0.6 is 0 Å². The highest BCUT2D eigenvalue weighted by Crippen LogP contribution is 2.35. The van der Waals surface area contributed by atoms with Crippen LogP contribution in [0.25, 0.3) is 27.7 Å². The Balaban J connectivity index is 1.57. The number of amides is 1. The zero-order chi connectivity index (χ0) is 22.9. The van der Waals surface area contributed by atoms with Crippen molar-refractivity contribution in [1.82, 2.24) is 14.8 Å². The highest BCUT2D eigenvalue weighted by Gasteiger charge is 2.25. The zero-order valence-corrected chi connectivity index (χ0v) is 18.2. The van der Waals surface area contributed by atoms with Crippen LogP contribution in [0.3, 0.4) is 0 Å². The van der Waals surface area contributed by atoms with E-state index in [1.54, 1.807) is 0 Å². The van der Waals surface area contributed by atoms with E-state index in [2.05, 4.69) is 34.5 Å². The summed E-state index contributed by atoms with van der Waals surface area (Å²) >= 11 is 0. The van der Waals surface area contributed by atoms with E-state index >= 15 is 0 Å². The summed E-state index contributed by atoms with van der Waals surface area (Å²) in [4.78, 5) is 14.7. The van der Waals surface area contributed by atoms with E-state index in [1.807, 2.05) is 72.4 Å². The Hall–Kier alpha value is -4.50. The first-order chi connectivity index (χ1) is 16.1. The number of hydrogen-bond donors (Lipinski definition) is 2. The third-order valence-electron chi connectivity index (χ3n) is 6.12. The SMILES string of the molecule is Cc1c(C(N)=O)c(-c2cccc3ccccc23)cn1C1=CNCN1Cc1ccc(C#N)cc1. The number of rotatable bonds is 5. The fraction of sp³-hybridized carbons (Fsp3) is 0.111. The Labute approximate surface area is 192 Å². The van der Waals surface area contributed by atoms with E-state index in [0.717, 1.165) is 39.0 Å². The van der Waals surface area contributed by atoms with E-state index in [1.165, 1.54) is 0 Å². The Bertz CT molecular complexity index is 1430. The Morgan fingerprint density at radius 3 is 2.58 bits per heavy atom. The molecule has 0 unspecified atom stereocenters. The number of hydrogen-bond acceptors (Lipinski definition) is 4. The van der Waals surface area contributed by atoms with Crippen molar-refractivity contribution in [2.24, 2.45) is 5.73 Å². The molecule has 0 atom stereocenters. The number of benzene rings is 3. The highest BCUT2D eigenvalue weighted by atomic mass is 16.1. The molecule has 0 aliphatic carbocycles. The molecule has 0 saturated carbocycles. The lowest BCUT2D eigenvalue weighted by molar-refractivity contribution is 0.100. The second-order valence-corrected chi connectivity index (χ2v) is 8.14. The van der Waals surface area contributed by atoms with Crippen molar-refractivity contribution in [2.45, 2.75) is 13.5 Å². The van der Waals surface area contributed by atoms with Gasteiger partial charge in [-0.2, -0.15) is 5.26 Å². The first kappa shape index (κ1) is 20.4. The first-order valence-electron chi connectivity index (χ1n) is 10.7. The van der Waals surface area contributed by atoms with Crippen LogP contribution in [0.1, 0.15) is 27.2 Å². The molecule has 0 saturated heterocycles. The molecule has 0 spiro atoms. The molecular formula is C27H23N5O. The summed E-state index contributed by atoms with van der Waals surface area (Å²) in [6, 6.07) is 24.0. The quantitative estimate of drug-likeness (QED) is 0.488. The topological polar surface area (TPSA) is 87.1 Å². The van der Waals surface area contributed by atoms with Gasteiger partial charge in [-0.05, 0) is 41.0 Å². The van der Waals surface area contributed by atoms with E-state index in [0.29, 0.717) is 24.3 Å². The minimum absolute atomic E-state index is 0.445. The first-order valence-corrected chi connectivity index (χ1v) is 10.7. The summed E-state index contributed by atoms with van der Waals surface area (Å²) in [5.74, 6) is 0.491. The molecule has 162 valence electrons. The van der Waals surface area contributed by atoms with Crippen molar-refractivity contribution >= 4 is 22.5 Å². The summed E-state index contributed by atoms with van der Waals surface area (Å²) < 4.78 is 2.03. The third kappa shape index (κ3) is 3.60. The van der Waals surface area contributed by atoms with Gasteiger partial charge < -0.3 is 20.5 Å². The van der Waals surface area contributed by atoms with Gasteiger partial charge in [0.05, 0.1) is 23.9 Å². The van der Waals surface area contributed by atoms with Gasteiger partial charge in [0.2, 0.25) is 0 Å². The van der Waals surface area contributed by atoms with Crippen molar-refractivity contribution < 1.29 is 4.79 Å². The second kappa shape index (κ2) is 8.21. The number of fused-ring (bicyclic) bond motifs is 1. The lowest BCUT2D eigenvalue weighted by Gasteiger charge is -2.23. The molecule has 33 heavy (non-hydrogen) atoms. The molecule has 6 heteroatoms. The van der Waals surface area contributed by atoms with Crippen molar-refractivity contribution in [1.29, 1.82) is 5.26 Å². The average molecular weight is 434 g/mol. The molecule has 6 nitrogen and oxygen atoms in total. The molecule has 1 aliphatic rings. The van der Waals surface area contributed by atoms with E-state index in [-0.39, 0.29) is 0 Å². The van der Waals surface area contributed by atoms with Gasteiger partial charge in [0, 0.05) is 30.2 Å². The molecule has 1 amide bonds. The van der Waals surface area contributed by atoms with Gasteiger partial charge in [-0.25, -0.2) is 0 Å².